The number of urea groups is 1. The van der Waals surface area contributed by atoms with Crippen LogP contribution in [0.4, 0.5) is 15.6 Å². The van der Waals surface area contributed by atoms with E-state index >= 15 is 0 Å². The Morgan fingerprint density at radius 1 is 1.00 bits per heavy atom. The van der Waals surface area contributed by atoms with E-state index in [1.807, 2.05) is 47.8 Å². The van der Waals surface area contributed by atoms with E-state index in [9.17, 15) is 9.59 Å². The van der Waals surface area contributed by atoms with E-state index < -0.39 is 6.04 Å². The van der Waals surface area contributed by atoms with Gasteiger partial charge in [0.1, 0.15) is 6.04 Å². The molecule has 0 N–H and O–H groups in total. The van der Waals surface area contributed by atoms with Gasteiger partial charge in [0.2, 0.25) is 0 Å². The highest BCUT2D eigenvalue weighted by molar-refractivity contribution is 7.14. The number of halogens is 1. The minimum absolute atomic E-state index is 0.186. The van der Waals surface area contributed by atoms with E-state index in [4.69, 9.17) is 16.6 Å². The molecule has 3 heterocycles. The van der Waals surface area contributed by atoms with Gasteiger partial charge in [-0.1, -0.05) is 48.0 Å². The van der Waals surface area contributed by atoms with Gasteiger partial charge in [-0.2, -0.15) is 0 Å². The van der Waals surface area contributed by atoms with E-state index in [0.717, 1.165) is 16.4 Å². The van der Waals surface area contributed by atoms with Crippen LogP contribution in [0.15, 0.2) is 60.0 Å². The van der Waals surface area contributed by atoms with Gasteiger partial charge in [-0.3, -0.25) is 4.79 Å². The number of fused-ring (bicyclic) bond motifs is 1. The highest BCUT2D eigenvalue weighted by Crippen LogP contribution is 2.34. The summed E-state index contributed by atoms with van der Waals surface area (Å²) in [6.07, 6.45) is 0. The quantitative estimate of drug-likeness (QED) is 0.593. The second kappa shape index (κ2) is 7.17. The maximum Gasteiger partial charge on any atom is 0.332 e. The largest absolute Gasteiger partial charge is 0.344 e. The van der Waals surface area contributed by atoms with Crippen LogP contribution >= 0.6 is 22.9 Å². The summed E-state index contributed by atoms with van der Waals surface area (Å²) in [5, 5.41) is 3.46. The lowest BCUT2D eigenvalue weighted by atomic mass is 10.2. The number of nitrogens with zero attached hydrogens (tertiary/aromatic N) is 4. The first-order valence-corrected chi connectivity index (χ1v) is 10.5. The lowest BCUT2D eigenvalue weighted by Crippen LogP contribution is -2.53. The smallest absolute Gasteiger partial charge is 0.332 e. The molecule has 1 unspecified atom stereocenters. The van der Waals surface area contributed by atoms with Crippen molar-refractivity contribution in [1.29, 1.82) is 0 Å². The molecule has 8 heteroatoms. The Bertz CT molecular complexity index is 1090. The molecule has 2 aromatic carbocycles. The van der Waals surface area contributed by atoms with Crippen LogP contribution in [0, 0.1) is 0 Å². The molecule has 2 saturated heterocycles. The van der Waals surface area contributed by atoms with Crippen molar-refractivity contribution in [1.82, 2.24) is 9.88 Å². The van der Waals surface area contributed by atoms with Gasteiger partial charge in [-0.05, 0) is 18.2 Å². The van der Waals surface area contributed by atoms with Crippen molar-refractivity contribution in [2.45, 2.75) is 6.04 Å². The monoisotopic (exact) mass is 424 g/mol. The van der Waals surface area contributed by atoms with Crippen molar-refractivity contribution in [2.75, 3.05) is 29.4 Å². The molecule has 29 heavy (non-hydrogen) atoms. The SMILES string of the molecule is O=C1C2CN(c3nc(-c4ccccc4Cl)cs3)CCN2C(=O)N1c1ccccc1. The number of piperazine rings is 1. The number of thiazole rings is 1. The second-order valence-electron chi connectivity index (χ2n) is 6.94. The number of rotatable bonds is 3. The molecule has 2 fully saturated rings. The Hall–Kier alpha value is -2.90. The highest BCUT2D eigenvalue weighted by Gasteiger charge is 2.48. The van der Waals surface area contributed by atoms with Crippen LogP contribution in [0.1, 0.15) is 0 Å². The van der Waals surface area contributed by atoms with Gasteiger partial charge < -0.3 is 9.80 Å². The molecule has 1 atom stereocenters. The normalized spacial score (nSPS) is 19.1. The Morgan fingerprint density at radius 2 is 1.76 bits per heavy atom. The third-order valence-electron chi connectivity index (χ3n) is 5.25. The maximum atomic E-state index is 13.0. The molecule has 0 spiro atoms. The van der Waals surface area contributed by atoms with Crippen LogP contribution in [0.2, 0.25) is 5.02 Å². The average Bonchev–Trinajstić information content (AvgIpc) is 3.33. The summed E-state index contributed by atoms with van der Waals surface area (Å²) in [5.41, 5.74) is 2.31. The summed E-state index contributed by atoms with van der Waals surface area (Å²) in [6, 6.07) is 15.9. The summed E-state index contributed by atoms with van der Waals surface area (Å²) in [7, 11) is 0. The molecule has 3 amide bonds. The van der Waals surface area contributed by atoms with E-state index in [2.05, 4.69) is 4.90 Å². The number of anilines is 2. The van der Waals surface area contributed by atoms with Crippen molar-refractivity contribution in [3.05, 3.63) is 65.0 Å². The fourth-order valence-electron chi connectivity index (χ4n) is 3.79. The zero-order chi connectivity index (χ0) is 20.0. The third-order valence-corrected chi connectivity index (χ3v) is 6.48. The number of hydrogen-bond acceptors (Lipinski definition) is 5. The molecule has 1 aromatic heterocycles. The predicted octanol–water partition coefficient (Wildman–Crippen LogP) is 4.12. The number of carbonyl (C=O) groups excluding carboxylic acids is 2. The van der Waals surface area contributed by atoms with Gasteiger partial charge in [-0.25, -0.2) is 14.7 Å². The number of imide groups is 1. The van der Waals surface area contributed by atoms with E-state index in [1.165, 1.54) is 16.2 Å². The predicted molar refractivity (Wildman–Crippen MR) is 115 cm³/mol. The van der Waals surface area contributed by atoms with Gasteiger partial charge in [-0.15, -0.1) is 11.3 Å². The molecular weight excluding hydrogens is 408 g/mol. The summed E-state index contributed by atoms with van der Waals surface area (Å²) >= 11 is 7.81. The minimum Gasteiger partial charge on any atom is -0.344 e. The van der Waals surface area contributed by atoms with Gasteiger partial charge in [0.25, 0.3) is 5.91 Å². The number of para-hydroxylation sites is 1. The van der Waals surface area contributed by atoms with E-state index in [-0.39, 0.29) is 11.9 Å². The van der Waals surface area contributed by atoms with Crippen LogP contribution in [0.3, 0.4) is 0 Å². The number of carbonyl (C=O) groups is 2. The molecule has 0 radical (unpaired) electrons. The zero-order valence-electron chi connectivity index (χ0n) is 15.4. The van der Waals surface area contributed by atoms with Crippen molar-refractivity contribution in [2.24, 2.45) is 0 Å². The second-order valence-corrected chi connectivity index (χ2v) is 8.19. The summed E-state index contributed by atoms with van der Waals surface area (Å²) in [5.74, 6) is -0.186. The molecule has 0 bridgehead atoms. The van der Waals surface area contributed by atoms with E-state index in [0.29, 0.717) is 30.3 Å². The molecule has 146 valence electrons. The van der Waals surface area contributed by atoms with Crippen LogP contribution in [-0.4, -0.2) is 47.5 Å². The summed E-state index contributed by atoms with van der Waals surface area (Å²) < 4.78 is 0. The van der Waals surface area contributed by atoms with Crippen LogP contribution < -0.4 is 9.80 Å². The number of benzene rings is 2. The number of amides is 3. The molecule has 0 aliphatic carbocycles. The molecule has 2 aliphatic rings. The van der Waals surface area contributed by atoms with Gasteiger partial charge in [0.05, 0.1) is 11.4 Å². The van der Waals surface area contributed by atoms with Crippen LogP contribution in [0.25, 0.3) is 11.3 Å². The molecule has 6 nitrogen and oxygen atoms in total. The zero-order valence-corrected chi connectivity index (χ0v) is 16.9. The van der Waals surface area contributed by atoms with Crippen molar-refractivity contribution < 1.29 is 9.59 Å². The van der Waals surface area contributed by atoms with Crippen molar-refractivity contribution in [3.63, 3.8) is 0 Å². The molecule has 0 saturated carbocycles. The van der Waals surface area contributed by atoms with Crippen LogP contribution in [-0.2, 0) is 4.79 Å². The topological polar surface area (TPSA) is 56.8 Å². The van der Waals surface area contributed by atoms with Crippen molar-refractivity contribution in [3.8, 4) is 11.3 Å². The minimum atomic E-state index is -0.496. The number of hydrogen-bond donors (Lipinski definition) is 0. The first-order chi connectivity index (χ1) is 14.1. The lowest BCUT2D eigenvalue weighted by Gasteiger charge is -2.35. The first kappa shape index (κ1) is 18.1. The molecule has 2 aliphatic heterocycles. The summed E-state index contributed by atoms with van der Waals surface area (Å²) in [6.45, 7) is 1.55. The van der Waals surface area contributed by atoms with Gasteiger partial charge in [0, 0.05) is 35.6 Å². The van der Waals surface area contributed by atoms with Crippen LogP contribution in [0.5, 0.6) is 0 Å². The van der Waals surface area contributed by atoms with E-state index in [1.54, 1.807) is 17.0 Å². The Kier molecular flexibility index (Phi) is 4.49. The first-order valence-electron chi connectivity index (χ1n) is 9.28. The Morgan fingerprint density at radius 3 is 2.55 bits per heavy atom. The number of aromatic nitrogens is 1. The fraction of sp³-hybridized carbons (Fsp3) is 0.190. The molecular formula is C21H17ClN4O2S. The Labute approximate surface area is 176 Å². The van der Waals surface area contributed by atoms with Gasteiger partial charge >= 0.3 is 6.03 Å². The van der Waals surface area contributed by atoms with Crippen molar-refractivity contribution >= 4 is 45.7 Å². The standard InChI is InChI=1S/C21H17ClN4O2S/c22-16-9-5-4-8-15(16)17-13-29-20(23-17)24-10-11-25-18(12-24)19(27)26(21(25)28)14-6-2-1-3-7-14/h1-9,13,18H,10-12H2. The molecule has 5 rings (SSSR count). The lowest BCUT2D eigenvalue weighted by molar-refractivity contribution is -0.119. The summed E-state index contributed by atoms with van der Waals surface area (Å²) in [4.78, 5) is 35.6. The third kappa shape index (κ3) is 3.07. The maximum absolute atomic E-state index is 13.0. The fourth-order valence-corrected chi connectivity index (χ4v) is 4.88. The average molecular weight is 425 g/mol. The van der Waals surface area contributed by atoms with Gasteiger partial charge in [0.15, 0.2) is 5.13 Å². The highest BCUT2D eigenvalue weighted by atomic mass is 35.5. The molecule has 3 aromatic rings. The Balaban J connectivity index is 1.38.